The van der Waals surface area contributed by atoms with Gasteiger partial charge in [-0.05, 0) is 66.5 Å². The van der Waals surface area contributed by atoms with Crippen LogP contribution in [-0.4, -0.2) is 22.7 Å². The molecule has 34 heavy (non-hydrogen) atoms. The van der Waals surface area contributed by atoms with E-state index in [1.807, 2.05) is 80.6 Å². The molecule has 1 amide bonds. The zero-order valence-corrected chi connectivity index (χ0v) is 20.3. The molecule has 0 fully saturated rings. The number of amides is 1. The number of benzene rings is 3. The number of carbonyl (C=O) groups is 2. The average molecular weight is 460 g/mol. The molecular weight excluding hydrogens is 426 g/mol. The van der Waals surface area contributed by atoms with Crippen LogP contribution < -0.4 is 5.32 Å². The number of carboxylic acid groups (broad SMARTS) is 1. The van der Waals surface area contributed by atoms with E-state index in [1.165, 1.54) is 0 Å². The van der Waals surface area contributed by atoms with Crippen LogP contribution in [-0.2, 0) is 24.2 Å². The predicted molar refractivity (Wildman–Crippen MR) is 135 cm³/mol. The molecule has 3 aromatic carbocycles. The van der Waals surface area contributed by atoms with E-state index in [2.05, 4.69) is 19.2 Å². The number of hydrogen-bond donors (Lipinski definition) is 2. The largest absolute Gasteiger partial charge is 0.478 e. The summed E-state index contributed by atoms with van der Waals surface area (Å²) in [6.07, 6.45) is 0.916. The molecule has 0 heterocycles. The predicted octanol–water partition coefficient (Wildman–Crippen LogP) is 6.50. The standard InChI is InChI=1S/C29H33NO4/c1-20(2)16-25-17-24(14-15-26(25)27(31)32)23-12-10-21(11-13-23)18-29(3,4)30-28(33)34-19-22-8-6-5-7-9-22/h5-15,17,20H,16,18-19H2,1-4H3,(H,30,33)(H,31,32). The lowest BCUT2D eigenvalue weighted by molar-refractivity contribution is 0.0695. The number of ether oxygens (including phenoxy) is 1. The highest BCUT2D eigenvalue weighted by Crippen LogP contribution is 2.26. The third-order valence-corrected chi connectivity index (χ3v) is 5.55. The Labute approximate surface area is 201 Å². The third-order valence-electron chi connectivity index (χ3n) is 5.55. The zero-order chi connectivity index (χ0) is 24.7. The Morgan fingerprint density at radius 1 is 0.912 bits per heavy atom. The molecule has 5 heteroatoms. The fraction of sp³-hybridized carbons (Fsp3) is 0.310. The lowest BCUT2D eigenvalue weighted by atomic mass is 9.91. The summed E-state index contributed by atoms with van der Waals surface area (Å²) in [4.78, 5) is 23.8. The molecule has 0 bridgehead atoms. The maximum atomic E-state index is 12.3. The van der Waals surface area contributed by atoms with Gasteiger partial charge in [-0.2, -0.15) is 0 Å². The van der Waals surface area contributed by atoms with Crippen molar-refractivity contribution in [3.05, 3.63) is 95.1 Å². The van der Waals surface area contributed by atoms with Gasteiger partial charge in [0.1, 0.15) is 6.61 Å². The van der Waals surface area contributed by atoms with Gasteiger partial charge in [0.25, 0.3) is 0 Å². The molecule has 0 saturated heterocycles. The number of carbonyl (C=O) groups excluding carboxylic acids is 1. The Hall–Kier alpha value is -3.60. The molecule has 0 spiro atoms. The van der Waals surface area contributed by atoms with Crippen LogP contribution >= 0.6 is 0 Å². The van der Waals surface area contributed by atoms with Gasteiger partial charge in [-0.1, -0.05) is 80.6 Å². The minimum atomic E-state index is -0.894. The van der Waals surface area contributed by atoms with Crippen LogP contribution in [0.15, 0.2) is 72.8 Å². The number of carboxylic acids is 1. The monoisotopic (exact) mass is 459 g/mol. The van der Waals surface area contributed by atoms with E-state index in [0.717, 1.165) is 27.8 Å². The van der Waals surface area contributed by atoms with Crippen molar-refractivity contribution in [2.45, 2.75) is 52.7 Å². The van der Waals surface area contributed by atoms with Gasteiger partial charge in [-0.15, -0.1) is 0 Å². The van der Waals surface area contributed by atoms with Gasteiger partial charge in [0.05, 0.1) is 5.56 Å². The van der Waals surface area contributed by atoms with Gasteiger partial charge in [0.2, 0.25) is 0 Å². The number of alkyl carbamates (subject to hydrolysis) is 1. The van der Waals surface area contributed by atoms with E-state index in [9.17, 15) is 14.7 Å². The summed E-state index contributed by atoms with van der Waals surface area (Å²) >= 11 is 0. The SMILES string of the molecule is CC(C)Cc1cc(-c2ccc(CC(C)(C)NC(=O)OCc3ccccc3)cc2)ccc1C(=O)O. The topological polar surface area (TPSA) is 75.6 Å². The highest BCUT2D eigenvalue weighted by Gasteiger charge is 2.22. The van der Waals surface area contributed by atoms with Crippen molar-refractivity contribution in [1.29, 1.82) is 0 Å². The van der Waals surface area contributed by atoms with E-state index in [4.69, 9.17) is 4.74 Å². The first-order chi connectivity index (χ1) is 16.1. The summed E-state index contributed by atoms with van der Waals surface area (Å²) in [7, 11) is 0. The van der Waals surface area contributed by atoms with Gasteiger partial charge in [0.15, 0.2) is 0 Å². The van der Waals surface area contributed by atoms with Crippen molar-refractivity contribution >= 4 is 12.1 Å². The minimum absolute atomic E-state index is 0.233. The molecule has 0 atom stereocenters. The molecular formula is C29H33NO4. The number of aromatic carboxylic acids is 1. The molecule has 0 aromatic heterocycles. The van der Waals surface area contributed by atoms with Crippen LogP contribution in [0.2, 0.25) is 0 Å². The molecule has 0 radical (unpaired) electrons. The van der Waals surface area contributed by atoms with Gasteiger partial charge in [-0.3, -0.25) is 0 Å². The smallest absolute Gasteiger partial charge is 0.407 e. The first-order valence-electron chi connectivity index (χ1n) is 11.6. The third kappa shape index (κ3) is 7.20. The van der Waals surface area contributed by atoms with Crippen molar-refractivity contribution in [1.82, 2.24) is 5.32 Å². The van der Waals surface area contributed by atoms with Gasteiger partial charge >= 0.3 is 12.1 Å². The lowest BCUT2D eigenvalue weighted by Gasteiger charge is -2.26. The Kier molecular flexibility index (Phi) is 8.11. The molecule has 0 saturated carbocycles. The summed E-state index contributed by atoms with van der Waals surface area (Å²) in [6, 6.07) is 23.3. The fourth-order valence-electron chi connectivity index (χ4n) is 4.00. The molecule has 178 valence electrons. The summed E-state index contributed by atoms with van der Waals surface area (Å²) in [5, 5.41) is 12.4. The van der Waals surface area contributed by atoms with E-state index in [0.29, 0.717) is 24.3 Å². The van der Waals surface area contributed by atoms with Crippen molar-refractivity contribution in [2.24, 2.45) is 5.92 Å². The van der Waals surface area contributed by atoms with Crippen LogP contribution in [0, 0.1) is 5.92 Å². The summed E-state index contributed by atoms with van der Waals surface area (Å²) < 4.78 is 5.35. The van der Waals surface area contributed by atoms with Gasteiger partial charge in [0, 0.05) is 5.54 Å². The first kappa shape index (κ1) is 25.0. The van der Waals surface area contributed by atoms with Crippen molar-refractivity contribution in [3.63, 3.8) is 0 Å². The molecule has 2 N–H and O–H groups in total. The molecule has 3 rings (SSSR count). The maximum absolute atomic E-state index is 12.3. The van der Waals surface area contributed by atoms with E-state index >= 15 is 0 Å². The Morgan fingerprint density at radius 3 is 2.18 bits per heavy atom. The maximum Gasteiger partial charge on any atom is 0.407 e. The lowest BCUT2D eigenvalue weighted by Crippen LogP contribution is -2.45. The fourth-order valence-corrected chi connectivity index (χ4v) is 4.00. The van der Waals surface area contributed by atoms with Crippen LogP contribution in [0.3, 0.4) is 0 Å². The van der Waals surface area contributed by atoms with Crippen LogP contribution in [0.1, 0.15) is 54.7 Å². The second kappa shape index (κ2) is 11.0. The second-order valence-corrected chi connectivity index (χ2v) is 9.72. The summed E-state index contributed by atoms with van der Waals surface area (Å²) in [6.45, 7) is 8.33. The van der Waals surface area contributed by atoms with Crippen molar-refractivity contribution in [2.75, 3.05) is 0 Å². The second-order valence-electron chi connectivity index (χ2n) is 9.72. The molecule has 3 aromatic rings. The minimum Gasteiger partial charge on any atom is -0.478 e. The van der Waals surface area contributed by atoms with Gasteiger partial charge in [-0.25, -0.2) is 9.59 Å². The van der Waals surface area contributed by atoms with Crippen LogP contribution in [0.25, 0.3) is 11.1 Å². The van der Waals surface area contributed by atoms with Crippen molar-refractivity contribution < 1.29 is 19.4 Å². The zero-order valence-electron chi connectivity index (χ0n) is 20.3. The number of hydrogen-bond acceptors (Lipinski definition) is 3. The summed E-state index contributed by atoms with van der Waals surface area (Å²) in [5.74, 6) is -0.528. The van der Waals surface area contributed by atoms with Crippen molar-refractivity contribution in [3.8, 4) is 11.1 Å². The van der Waals surface area contributed by atoms with Crippen LogP contribution in [0.4, 0.5) is 4.79 Å². The number of nitrogens with one attached hydrogen (secondary N) is 1. The van der Waals surface area contributed by atoms with E-state index in [1.54, 1.807) is 6.07 Å². The highest BCUT2D eigenvalue weighted by molar-refractivity contribution is 5.90. The van der Waals surface area contributed by atoms with Crippen LogP contribution in [0.5, 0.6) is 0 Å². The highest BCUT2D eigenvalue weighted by atomic mass is 16.5. The Morgan fingerprint density at radius 2 is 1.56 bits per heavy atom. The van der Waals surface area contributed by atoms with Gasteiger partial charge < -0.3 is 15.2 Å². The average Bonchev–Trinajstić information content (AvgIpc) is 2.77. The molecule has 0 aliphatic rings. The molecule has 0 aliphatic heterocycles. The van der Waals surface area contributed by atoms with E-state index < -0.39 is 17.6 Å². The quantitative estimate of drug-likeness (QED) is 0.383. The molecule has 0 aliphatic carbocycles. The summed E-state index contributed by atoms with van der Waals surface area (Å²) in [5.41, 5.74) is 4.78. The number of rotatable bonds is 9. The Balaban J connectivity index is 1.64. The molecule has 5 nitrogen and oxygen atoms in total. The normalized spacial score (nSPS) is 11.3. The molecule has 0 unspecified atom stereocenters. The Bertz CT molecular complexity index is 1120. The van der Waals surface area contributed by atoms with E-state index in [-0.39, 0.29) is 6.61 Å². The first-order valence-corrected chi connectivity index (χ1v) is 11.6.